The number of piperidine rings is 1. The number of carbonyl (C=O) groups excluding carboxylic acids is 1. The van der Waals surface area contributed by atoms with Crippen molar-refractivity contribution < 1.29 is 9.53 Å². The number of nitrogens with zero attached hydrogens (tertiary/aromatic N) is 3. The van der Waals surface area contributed by atoms with E-state index in [1.54, 1.807) is 6.92 Å². The molecule has 1 aliphatic heterocycles. The molecular weight excluding hydrogens is 256 g/mol. The van der Waals surface area contributed by atoms with Crippen molar-refractivity contribution in [3.63, 3.8) is 0 Å². The number of amides is 1. The molecule has 1 N–H and O–H groups in total. The summed E-state index contributed by atoms with van der Waals surface area (Å²) in [5, 5.41) is 3.32. The highest BCUT2D eigenvalue weighted by Gasteiger charge is 2.20. The van der Waals surface area contributed by atoms with Gasteiger partial charge in [-0.15, -0.1) is 0 Å². The zero-order valence-corrected chi connectivity index (χ0v) is 12.1. The van der Waals surface area contributed by atoms with E-state index in [0.29, 0.717) is 18.4 Å². The van der Waals surface area contributed by atoms with Gasteiger partial charge in [0.15, 0.2) is 0 Å². The minimum absolute atomic E-state index is 0.175. The van der Waals surface area contributed by atoms with Gasteiger partial charge in [0.25, 0.3) is 0 Å². The molecule has 1 fully saturated rings. The minimum Gasteiger partial charge on any atom is -0.478 e. The summed E-state index contributed by atoms with van der Waals surface area (Å²) in [4.78, 5) is 21.4. The third kappa shape index (κ3) is 4.08. The maximum absolute atomic E-state index is 11.3. The molecule has 0 aliphatic carbocycles. The predicted molar refractivity (Wildman–Crippen MR) is 76.7 cm³/mol. The summed E-state index contributed by atoms with van der Waals surface area (Å²) in [7, 11) is 0. The molecule has 6 nitrogen and oxygen atoms in total. The zero-order valence-electron chi connectivity index (χ0n) is 12.1. The summed E-state index contributed by atoms with van der Waals surface area (Å²) in [5.74, 6) is 2.14. The van der Waals surface area contributed by atoms with Crippen LogP contribution < -0.4 is 10.1 Å². The number of nitrogens with one attached hydrogen (secondary N) is 1. The van der Waals surface area contributed by atoms with Crippen molar-refractivity contribution in [2.75, 3.05) is 31.6 Å². The molecule has 0 radical (unpaired) electrons. The van der Waals surface area contributed by atoms with E-state index in [1.807, 2.05) is 17.9 Å². The van der Waals surface area contributed by atoms with Crippen LogP contribution in [-0.2, 0) is 4.79 Å². The summed E-state index contributed by atoms with van der Waals surface area (Å²) in [6, 6.07) is 1.81. The molecule has 0 saturated carbocycles. The van der Waals surface area contributed by atoms with E-state index < -0.39 is 0 Å². The summed E-state index contributed by atoms with van der Waals surface area (Å²) < 4.78 is 5.34. The number of hydrogen-bond donors (Lipinski definition) is 1. The number of likely N-dealkylation sites (tertiary alicyclic amines) is 1. The van der Waals surface area contributed by atoms with Crippen LogP contribution in [0.4, 0.5) is 5.82 Å². The van der Waals surface area contributed by atoms with Crippen molar-refractivity contribution >= 4 is 11.7 Å². The highest BCUT2D eigenvalue weighted by Crippen LogP contribution is 2.18. The molecule has 6 heteroatoms. The second-order valence-electron chi connectivity index (χ2n) is 5.00. The van der Waals surface area contributed by atoms with Crippen molar-refractivity contribution in [2.24, 2.45) is 5.92 Å². The fourth-order valence-corrected chi connectivity index (χ4v) is 2.36. The average molecular weight is 278 g/mol. The molecule has 0 unspecified atom stereocenters. The number of aromatic nitrogens is 2. The molecule has 1 aromatic rings. The van der Waals surface area contributed by atoms with Gasteiger partial charge in [-0.1, -0.05) is 0 Å². The summed E-state index contributed by atoms with van der Waals surface area (Å²) in [6.07, 6.45) is 3.58. The van der Waals surface area contributed by atoms with Crippen molar-refractivity contribution in [1.82, 2.24) is 14.9 Å². The van der Waals surface area contributed by atoms with Crippen LogP contribution in [-0.4, -0.2) is 47.0 Å². The highest BCUT2D eigenvalue weighted by atomic mass is 16.5. The van der Waals surface area contributed by atoms with E-state index in [2.05, 4.69) is 15.3 Å². The predicted octanol–water partition coefficient (Wildman–Crippen LogP) is 1.55. The van der Waals surface area contributed by atoms with E-state index in [0.717, 1.165) is 38.3 Å². The topological polar surface area (TPSA) is 67.3 Å². The lowest BCUT2D eigenvalue weighted by Crippen LogP contribution is -2.38. The lowest BCUT2D eigenvalue weighted by atomic mass is 9.97. The van der Waals surface area contributed by atoms with Gasteiger partial charge in [0.2, 0.25) is 11.8 Å². The molecule has 2 rings (SSSR count). The van der Waals surface area contributed by atoms with Crippen molar-refractivity contribution in [3.05, 3.63) is 12.4 Å². The molecule has 1 amide bonds. The second-order valence-corrected chi connectivity index (χ2v) is 5.00. The first kappa shape index (κ1) is 14.6. The van der Waals surface area contributed by atoms with Gasteiger partial charge >= 0.3 is 0 Å². The lowest BCUT2D eigenvalue weighted by molar-refractivity contribution is -0.130. The van der Waals surface area contributed by atoms with Crippen LogP contribution in [0.1, 0.15) is 26.7 Å². The van der Waals surface area contributed by atoms with Gasteiger partial charge in [-0.2, -0.15) is 0 Å². The number of hydrogen-bond acceptors (Lipinski definition) is 5. The Labute approximate surface area is 119 Å². The minimum atomic E-state index is 0.175. The van der Waals surface area contributed by atoms with Gasteiger partial charge in [0, 0.05) is 32.6 Å². The molecule has 20 heavy (non-hydrogen) atoms. The molecule has 1 saturated heterocycles. The Kier molecular flexibility index (Phi) is 5.15. The SMILES string of the molecule is CCOc1cc(NCC2CCN(C(C)=O)CC2)ncn1. The zero-order chi connectivity index (χ0) is 14.4. The van der Waals surface area contributed by atoms with Gasteiger partial charge in [-0.3, -0.25) is 4.79 Å². The standard InChI is InChI=1S/C14H22N4O2/c1-3-20-14-8-13(16-10-17-14)15-9-12-4-6-18(7-5-12)11(2)19/h8,10,12H,3-7,9H2,1-2H3,(H,15,16,17). The van der Waals surface area contributed by atoms with E-state index in [4.69, 9.17) is 4.74 Å². The first-order valence-electron chi connectivity index (χ1n) is 7.13. The molecule has 2 heterocycles. The maximum atomic E-state index is 11.3. The molecule has 1 aliphatic rings. The normalized spacial score (nSPS) is 16.0. The molecule has 0 aromatic carbocycles. The van der Waals surface area contributed by atoms with Crippen molar-refractivity contribution in [2.45, 2.75) is 26.7 Å². The molecule has 1 aromatic heterocycles. The number of anilines is 1. The van der Waals surface area contributed by atoms with Crippen LogP contribution in [0.25, 0.3) is 0 Å². The van der Waals surface area contributed by atoms with Gasteiger partial charge in [-0.25, -0.2) is 9.97 Å². The summed E-state index contributed by atoms with van der Waals surface area (Å²) in [5.41, 5.74) is 0. The Morgan fingerprint density at radius 1 is 1.45 bits per heavy atom. The molecule has 0 spiro atoms. The second kappa shape index (κ2) is 7.07. The Hall–Kier alpha value is -1.85. The Bertz CT molecular complexity index is 445. The molecule has 0 bridgehead atoms. The summed E-state index contributed by atoms with van der Waals surface area (Å²) in [6.45, 7) is 6.74. The first-order chi connectivity index (χ1) is 9.69. The quantitative estimate of drug-likeness (QED) is 0.885. The Morgan fingerprint density at radius 2 is 2.20 bits per heavy atom. The van der Waals surface area contributed by atoms with Crippen molar-refractivity contribution in [1.29, 1.82) is 0 Å². The maximum Gasteiger partial charge on any atom is 0.219 e. The van der Waals surface area contributed by atoms with Crippen LogP contribution in [0, 0.1) is 5.92 Å². The number of ether oxygens (including phenoxy) is 1. The van der Waals surface area contributed by atoms with Gasteiger partial charge in [0.1, 0.15) is 12.1 Å². The molecule has 110 valence electrons. The molecular formula is C14H22N4O2. The fourth-order valence-electron chi connectivity index (χ4n) is 2.36. The fraction of sp³-hybridized carbons (Fsp3) is 0.643. The average Bonchev–Trinajstić information content (AvgIpc) is 2.46. The van der Waals surface area contributed by atoms with E-state index in [-0.39, 0.29) is 5.91 Å². The lowest BCUT2D eigenvalue weighted by Gasteiger charge is -2.31. The highest BCUT2D eigenvalue weighted by molar-refractivity contribution is 5.73. The third-order valence-electron chi connectivity index (χ3n) is 3.57. The van der Waals surface area contributed by atoms with Crippen LogP contribution in [0.3, 0.4) is 0 Å². The van der Waals surface area contributed by atoms with Crippen LogP contribution in [0.15, 0.2) is 12.4 Å². The third-order valence-corrected chi connectivity index (χ3v) is 3.57. The van der Waals surface area contributed by atoms with Gasteiger partial charge in [-0.05, 0) is 25.7 Å². The Balaban J connectivity index is 1.78. The van der Waals surface area contributed by atoms with E-state index in [9.17, 15) is 4.79 Å². The van der Waals surface area contributed by atoms with Crippen LogP contribution in [0.2, 0.25) is 0 Å². The van der Waals surface area contributed by atoms with Gasteiger partial charge in [0.05, 0.1) is 6.61 Å². The van der Waals surface area contributed by atoms with Crippen molar-refractivity contribution in [3.8, 4) is 5.88 Å². The van der Waals surface area contributed by atoms with Crippen LogP contribution >= 0.6 is 0 Å². The van der Waals surface area contributed by atoms with E-state index >= 15 is 0 Å². The molecule has 0 atom stereocenters. The largest absolute Gasteiger partial charge is 0.478 e. The number of carbonyl (C=O) groups is 1. The Morgan fingerprint density at radius 3 is 2.85 bits per heavy atom. The monoisotopic (exact) mass is 278 g/mol. The first-order valence-corrected chi connectivity index (χ1v) is 7.13. The van der Waals surface area contributed by atoms with E-state index in [1.165, 1.54) is 6.33 Å². The summed E-state index contributed by atoms with van der Waals surface area (Å²) >= 11 is 0. The van der Waals surface area contributed by atoms with Crippen LogP contribution in [0.5, 0.6) is 5.88 Å². The smallest absolute Gasteiger partial charge is 0.219 e. The number of rotatable bonds is 5. The van der Waals surface area contributed by atoms with Gasteiger partial charge < -0.3 is 15.0 Å².